The van der Waals surface area contributed by atoms with E-state index in [0.717, 1.165) is 4.57 Å². The fourth-order valence-corrected chi connectivity index (χ4v) is 3.31. The number of ether oxygens (including phenoxy) is 1. The van der Waals surface area contributed by atoms with Crippen LogP contribution in [-0.2, 0) is 6.54 Å². The second kappa shape index (κ2) is 6.91. The number of halogens is 3. The Morgan fingerprint density at radius 2 is 2.00 bits per heavy atom. The first-order chi connectivity index (χ1) is 13.7. The van der Waals surface area contributed by atoms with Crippen LogP contribution in [0.2, 0.25) is 0 Å². The maximum atomic E-state index is 13.2. The monoisotopic (exact) mass is 402 g/mol. The highest BCUT2D eigenvalue weighted by molar-refractivity contribution is 6.04. The molecule has 1 N–H and O–H groups in total. The number of pyridine rings is 2. The van der Waals surface area contributed by atoms with Crippen LogP contribution in [0.15, 0.2) is 47.5 Å². The number of nitrogens with zero attached hydrogens (tertiary/aromatic N) is 3. The number of hydrogen-bond donors (Lipinski definition) is 1. The number of aromatic nitrogens is 4. The van der Waals surface area contributed by atoms with Crippen LogP contribution in [0.3, 0.4) is 0 Å². The largest absolute Gasteiger partial charge is 0.475 e. The summed E-state index contributed by atoms with van der Waals surface area (Å²) in [5.74, 6) is 0.370. The zero-order chi connectivity index (χ0) is 20.8. The van der Waals surface area contributed by atoms with Gasteiger partial charge in [0.05, 0.1) is 28.7 Å². The van der Waals surface area contributed by atoms with Crippen LogP contribution in [0.5, 0.6) is 5.88 Å². The Bertz CT molecular complexity index is 1260. The first kappa shape index (κ1) is 19.0. The Labute approximate surface area is 162 Å². The lowest BCUT2D eigenvalue weighted by atomic mass is 10.0. The number of aromatic amines is 1. The van der Waals surface area contributed by atoms with Crippen molar-refractivity contribution in [3.8, 4) is 17.0 Å². The standard InChI is InChI=1S/C20H17F3N4O2/c1-11(2)29-18-13(4-3-7-24-18)12-5-6-14-16(8-12)27(10-20(21,22)23)19(28)15-9-25-26-17(14)15/h3-9,11H,10H2,1-2H3,(H,25,26). The minimum absolute atomic E-state index is 0.111. The van der Waals surface area contributed by atoms with Gasteiger partial charge in [-0.2, -0.15) is 18.3 Å². The van der Waals surface area contributed by atoms with E-state index in [1.54, 1.807) is 36.5 Å². The first-order valence-electron chi connectivity index (χ1n) is 8.93. The molecule has 1 aromatic carbocycles. The number of H-pyrrole nitrogens is 1. The summed E-state index contributed by atoms with van der Waals surface area (Å²) in [5, 5.41) is 7.12. The van der Waals surface area contributed by atoms with Gasteiger partial charge >= 0.3 is 6.18 Å². The molecule has 0 amide bonds. The average molecular weight is 402 g/mol. The minimum Gasteiger partial charge on any atom is -0.475 e. The first-order valence-corrected chi connectivity index (χ1v) is 8.93. The lowest BCUT2D eigenvalue weighted by Crippen LogP contribution is -2.28. The Balaban J connectivity index is 2.00. The Morgan fingerprint density at radius 1 is 1.21 bits per heavy atom. The van der Waals surface area contributed by atoms with Crippen LogP contribution in [0.1, 0.15) is 13.8 Å². The highest BCUT2D eigenvalue weighted by Gasteiger charge is 2.30. The summed E-state index contributed by atoms with van der Waals surface area (Å²) in [6, 6.07) is 8.46. The van der Waals surface area contributed by atoms with Gasteiger partial charge in [-0.05, 0) is 37.6 Å². The minimum atomic E-state index is -4.55. The molecule has 3 aromatic heterocycles. The van der Waals surface area contributed by atoms with Crippen molar-refractivity contribution in [3.63, 3.8) is 0 Å². The van der Waals surface area contributed by atoms with Crippen molar-refractivity contribution in [1.82, 2.24) is 19.7 Å². The molecule has 0 aliphatic rings. The van der Waals surface area contributed by atoms with E-state index in [9.17, 15) is 18.0 Å². The van der Waals surface area contributed by atoms with Crippen molar-refractivity contribution in [1.29, 1.82) is 0 Å². The van der Waals surface area contributed by atoms with Crippen molar-refractivity contribution < 1.29 is 17.9 Å². The molecule has 0 saturated carbocycles. The second-order valence-electron chi connectivity index (χ2n) is 6.92. The number of alkyl halides is 3. The molecular formula is C20H17F3N4O2. The van der Waals surface area contributed by atoms with E-state index in [4.69, 9.17) is 4.74 Å². The molecule has 4 rings (SSSR count). The van der Waals surface area contributed by atoms with Crippen molar-refractivity contribution >= 4 is 21.8 Å². The maximum absolute atomic E-state index is 13.2. The molecule has 0 unspecified atom stereocenters. The number of fused-ring (bicyclic) bond motifs is 3. The normalized spacial score (nSPS) is 12.2. The fraction of sp³-hybridized carbons (Fsp3) is 0.250. The number of hydrogen-bond acceptors (Lipinski definition) is 4. The third kappa shape index (κ3) is 3.55. The summed E-state index contributed by atoms with van der Waals surface area (Å²) < 4.78 is 46.0. The van der Waals surface area contributed by atoms with Crippen LogP contribution in [0.4, 0.5) is 13.2 Å². The van der Waals surface area contributed by atoms with Crippen molar-refractivity contribution in [2.75, 3.05) is 0 Å². The van der Waals surface area contributed by atoms with Gasteiger partial charge in [-0.25, -0.2) is 4.98 Å². The number of benzene rings is 1. The van der Waals surface area contributed by atoms with Gasteiger partial charge in [-0.1, -0.05) is 12.1 Å². The summed E-state index contributed by atoms with van der Waals surface area (Å²) in [6.07, 6.45) is -1.86. The number of nitrogens with one attached hydrogen (secondary N) is 1. The van der Waals surface area contributed by atoms with Crippen LogP contribution < -0.4 is 10.3 Å². The van der Waals surface area contributed by atoms with Crippen LogP contribution in [-0.4, -0.2) is 32.0 Å². The van der Waals surface area contributed by atoms with Gasteiger partial charge in [0.25, 0.3) is 5.56 Å². The van der Waals surface area contributed by atoms with Crippen molar-refractivity contribution in [3.05, 3.63) is 53.1 Å². The van der Waals surface area contributed by atoms with Crippen LogP contribution in [0.25, 0.3) is 32.9 Å². The maximum Gasteiger partial charge on any atom is 0.406 e. The van der Waals surface area contributed by atoms with Crippen molar-refractivity contribution in [2.45, 2.75) is 32.7 Å². The van der Waals surface area contributed by atoms with Gasteiger partial charge in [0.2, 0.25) is 5.88 Å². The molecule has 9 heteroatoms. The zero-order valence-corrected chi connectivity index (χ0v) is 15.6. The van der Waals surface area contributed by atoms with Gasteiger partial charge in [0, 0.05) is 17.1 Å². The van der Waals surface area contributed by atoms with Crippen molar-refractivity contribution in [2.24, 2.45) is 0 Å². The Morgan fingerprint density at radius 3 is 2.72 bits per heavy atom. The molecule has 4 aromatic rings. The molecule has 0 radical (unpaired) electrons. The Kier molecular flexibility index (Phi) is 4.52. The van der Waals surface area contributed by atoms with Gasteiger partial charge in [-0.3, -0.25) is 14.5 Å². The molecule has 0 atom stereocenters. The van der Waals surface area contributed by atoms with Crippen LogP contribution >= 0.6 is 0 Å². The van der Waals surface area contributed by atoms with E-state index in [1.807, 2.05) is 13.8 Å². The van der Waals surface area contributed by atoms with E-state index in [0.29, 0.717) is 27.9 Å². The smallest absolute Gasteiger partial charge is 0.406 e. The predicted molar refractivity (Wildman–Crippen MR) is 103 cm³/mol. The quantitative estimate of drug-likeness (QED) is 0.553. The van der Waals surface area contributed by atoms with E-state index in [2.05, 4.69) is 15.2 Å². The second-order valence-corrected chi connectivity index (χ2v) is 6.92. The third-order valence-electron chi connectivity index (χ3n) is 4.44. The lowest BCUT2D eigenvalue weighted by Gasteiger charge is -2.16. The summed E-state index contributed by atoms with van der Waals surface area (Å²) in [4.78, 5) is 16.9. The molecule has 150 valence electrons. The zero-order valence-electron chi connectivity index (χ0n) is 15.6. The van der Waals surface area contributed by atoms with E-state index in [1.165, 1.54) is 6.20 Å². The van der Waals surface area contributed by atoms with E-state index >= 15 is 0 Å². The van der Waals surface area contributed by atoms with Gasteiger partial charge in [0.15, 0.2) is 0 Å². The summed E-state index contributed by atoms with van der Waals surface area (Å²) in [7, 11) is 0. The average Bonchev–Trinajstić information content (AvgIpc) is 3.14. The SMILES string of the molecule is CC(C)Oc1ncccc1-c1ccc2c3[nH]ncc3c(=O)n(CC(F)(F)F)c2c1. The molecule has 0 fully saturated rings. The molecule has 0 spiro atoms. The number of rotatable bonds is 4. The molecule has 29 heavy (non-hydrogen) atoms. The predicted octanol–water partition coefficient (Wildman–Crippen LogP) is 4.29. The molecule has 0 aliphatic carbocycles. The van der Waals surface area contributed by atoms with Gasteiger partial charge in [0.1, 0.15) is 6.54 Å². The lowest BCUT2D eigenvalue weighted by molar-refractivity contribution is -0.140. The highest BCUT2D eigenvalue weighted by Crippen LogP contribution is 2.32. The topological polar surface area (TPSA) is 72.8 Å². The summed E-state index contributed by atoms with van der Waals surface area (Å²) >= 11 is 0. The summed E-state index contributed by atoms with van der Waals surface area (Å²) in [6.45, 7) is 2.32. The van der Waals surface area contributed by atoms with E-state index < -0.39 is 18.3 Å². The Hall–Kier alpha value is -3.36. The van der Waals surface area contributed by atoms with Gasteiger partial charge in [-0.15, -0.1) is 0 Å². The third-order valence-corrected chi connectivity index (χ3v) is 4.44. The molecular weight excluding hydrogens is 385 g/mol. The summed E-state index contributed by atoms with van der Waals surface area (Å²) in [5.41, 5.74) is 1.02. The molecule has 0 saturated heterocycles. The van der Waals surface area contributed by atoms with Crippen LogP contribution in [0, 0.1) is 0 Å². The van der Waals surface area contributed by atoms with E-state index in [-0.39, 0.29) is 17.0 Å². The molecule has 6 nitrogen and oxygen atoms in total. The molecule has 0 aliphatic heterocycles. The molecule has 0 bridgehead atoms. The fourth-order valence-electron chi connectivity index (χ4n) is 3.31. The molecule has 3 heterocycles. The van der Waals surface area contributed by atoms with Gasteiger partial charge < -0.3 is 4.74 Å². The highest BCUT2D eigenvalue weighted by atomic mass is 19.4.